The van der Waals surface area contributed by atoms with Gasteiger partial charge < -0.3 is 4.74 Å². The Morgan fingerprint density at radius 2 is 1.75 bits per heavy atom. The highest BCUT2D eigenvalue weighted by molar-refractivity contribution is 5.70. The summed E-state index contributed by atoms with van der Waals surface area (Å²) < 4.78 is 19.2. The number of hydrogen-bond acceptors (Lipinski definition) is 1. The van der Waals surface area contributed by atoms with Gasteiger partial charge in [-0.15, -0.1) is 0 Å². The van der Waals surface area contributed by atoms with E-state index in [0.29, 0.717) is 6.61 Å². The number of ether oxygens (including phenoxy) is 1. The Labute approximate surface area is 120 Å². The highest BCUT2D eigenvalue weighted by Gasteiger charge is 2.11. The minimum absolute atomic E-state index is 0.230. The molecule has 20 heavy (non-hydrogen) atoms. The van der Waals surface area contributed by atoms with Gasteiger partial charge in [0.15, 0.2) is 0 Å². The van der Waals surface area contributed by atoms with Crippen LogP contribution >= 0.6 is 0 Å². The van der Waals surface area contributed by atoms with Crippen molar-refractivity contribution in [3.63, 3.8) is 0 Å². The van der Waals surface area contributed by atoms with Crippen LogP contribution in [0.25, 0.3) is 11.1 Å². The first-order valence-electron chi connectivity index (χ1n) is 6.93. The van der Waals surface area contributed by atoms with E-state index in [9.17, 15) is 4.39 Å². The summed E-state index contributed by atoms with van der Waals surface area (Å²) in [6.45, 7) is 7.23. The van der Waals surface area contributed by atoms with Crippen LogP contribution < -0.4 is 4.74 Å². The van der Waals surface area contributed by atoms with Crippen LogP contribution in [0.15, 0.2) is 48.5 Å². The lowest BCUT2D eigenvalue weighted by atomic mass is 9.93. The van der Waals surface area contributed by atoms with Gasteiger partial charge >= 0.3 is 0 Å². The van der Waals surface area contributed by atoms with Gasteiger partial charge in [-0.3, -0.25) is 0 Å². The molecule has 0 aromatic heterocycles. The summed E-state index contributed by atoms with van der Waals surface area (Å²) >= 11 is 0. The van der Waals surface area contributed by atoms with Crippen LogP contribution in [-0.4, -0.2) is 6.61 Å². The molecule has 2 rings (SSSR count). The summed E-state index contributed by atoms with van der Waals surface area (Å²) in [6.07, 6.45) is 0.977. The Morgan fingerprint density at radius 3 is 2.45 bits per heavy atom. The van der Waals surface area contributed by atoms with Crippen LogP contribution in [0, 0.1) is 11.2 Å². The van der Waals surface area contributed by atoms with Gasteiger partial charge in [-0.25, -0.2) is 4.39 Å². The highest BCUT2D eigenvalue weighted by atomic mass is 19.1. The zero-order valence-electron chi connectivity index (χ0n) is 12.3. The quantitative estimate of drug-likeness (QED) is 0.733. The molecule has 0 saturated carbocycles. The van der Waals surface area contributed by atoms with E-state index in [4.69, 9.17) is 4.74 Å². The van der Waals surface area contributed by atoms with E-state index in [2.05, 4.69) is 20.8 Å². The van der Waals surface area contributed by atoms with Gasteiger partial charge in [0.05, 0.1) is 6.61 Å². The minimum Gasteiger partial charge on any atom is -0.493 e. The molecule has 0 N–H and O–H groups in total. The van der Waals surface area contributed by atoms with Crippen molar-refractivity contribution in [1.29, 1.82) is 0 Å². The van der Waals surface area contributed by atoms with Crippen molar-refractivity contribution in [2.24, 2.45) is 5.41 Å². The van der Waals surface area contributed by atoms with Crippen LogP contribution in [0.5, 0.6) is 5.75 Å². The van der Waals surface area contributed by atoms with E-state index in [1.165, 1.54) is 12.1 Å². The Hall–Kier alpha value is -1.83. The standard InChI is InChI=1S/C18H21FO/c1-18(2,3)11-12-20-17-10-5-4-9-16(17)14-7-6-8-15(19)13-14/h4-10,13H,11-12H2,1-3H3. The Balaban J connectivity index is 2.18. The van der Waals surface area contributed by atoms with E-state index in [1.54, 1.807) is 6.07 Å². The van der Waals surface area contributed by atoms with E-state index in [0.717, 1.165) is 23.3 Å². The van der Waals surface area contributed by atoms with Crippen molar-refractivity contribution in [1.82, 2.24) is 0 Å². The summed E-state index contributed by atoms with van der Waals surface area (Å²) in [6, 6.07) is 14.4. The largest absolute Gasteiger partial charge is 0.493 e. The van der Waals surface area contributed by atoms with Crippen molar-refractivity contribution in [3.05, 3.63) is 54.3 Å². The lowest BCUT2D eigenvalue weighted by Gasteiger charge is -2.19. The van der Waals surface area contributed by atoms with E-state index in [-0.39, 0.29) is 11.2 Å². The predicted molar refractivity (Wildman–Crippen MR) is 81.4 cm³/mol. The molecule has 0 aliphatic heterocycles. The molecular weight excluding hydrogens is 251 g/mol. The number of hydrogen-bond donors (Lipinski definition) is 0. The van der Waals surface area contributed by atoms with Crippen molar-refractivity contribution in [3.8, 4) is 16.9 Å². The Bertz CT molecular complexity index is 570. The maximum absolute atomic E-state index is 13.4. The number of rotatable bonds is 4. The second kappa shape index (κ2) is 6.08. The molecule has 0 fully saturated rings. The van der Waals surface area contributed by atoms with E-state index < -0.39 is 0 Å². The lowest BCUT2D eigenvalue weighted by molar-refractivity contribution is 0.244. The van der Waals surface area contributed by atoms with Gasteiger partial charge in [0.2, 0.25) is 0 Å². The molecule has 2 aromatic rings. The lowest BCUT2D eigenvalue weighted by Crippen LogP contribution is -2.11. The van der Waals surface area contributed by atoms with Crippen molar-refractivity contribution in [2.75, 3.05) is 6.61 Å². The molecule has 0 heterocycles. The zero-order valence-corrected chi connectivity index (χ0v) is 12.3. The van der Waals surface area contributed by atoms with Crippen LogP contribution in [0.4, 0.5) is 4.39 Å². The normalized spacial score (nSPS) is 11.4. The molecule has 0 spiro atoms. The van der Waals surface area contributed by atoms with Crippen molar-refractivity contribution >= 4 is 0 Å². The summed E-state index contributed by atoms with van der Waals surface area (Å²) in [7, 11) is 0. The number of para-hydroxylation sites is 1. The fourth-order valence-electron chi connectivity index (χ4n) is 1.95. The van der Waals surface area contributed by atoms with Crippen molar-refractivity contribution < 1.29 is 9.13 Å². The van der Waals surface area contributed by atoms with Crippen LogP contribution in [0.3, 0.4) is 0 Å². The molecule has 2 heteroatoms. The molecule has 1 nitrogen and oxygen atoms in total. The first-order chi connectivity index (χ1) is 9.46. The van der Waals surface area contributed by atoms with Gasteiger partial charge in [-0.1, -0.05) is 51.1 Å². The topological polar surface area (TPSA) is 9.23 Å². The molecule has 106 valence electrons. The average molecular weight is 272 g/mol. The molecule has 0 radical (unpaired) electrons. The van der Waals surface area contributed by atoms with Gasteiger partial charge in [-0.05, 0) is 35.6 Å². The van der Waals surface area contributed by atoms with Crippen molar-refractivity contribution in [2.45, 2.75) is 27.2 Å². The van der Waals surface area contributed by atoms with Gasteiger partial charge in [-0.2, -0.15) is 0 Å². The second-order valence-corrected chi connectivity index (χ2v) is 6.17. The third-order valence-corrected chi connectivity index (χ3v) is 3.13. The maximum atomic E-state index is 13.4. The second-order valence-electron chi connectivity index (χ2n) is 6.17. The summed E-state index contributed by atoms with van der Waals surface area (Å²) in [5.41, 5.74) is 2.02. The Kier molecular flexibility index (Phi) is 4.43. The van der Waals surface area contributed by atoms with Crippen LogP contribution in [0.2, 0.25) is 0 Å². The molecule has 0 atom stereocenters. The number of halogens is 1. The smallest absolute Gasteiger partial charge is 0.127 e. The van der Waals surface area contributed by atoms with Gasteiger partial charge in [0.1, 0.15) is 11.6 Å². The summed E-state index contributed by atoms with van der Waals surface area (Å²) in [5, 5.41) is 0. The fraction of sp³-hybridized carbons (Fsp3) is 0.333. The zero-order chi connectivity index (χ0) is 14.6. The third kappa shape index (κ3) is 4.09. The van der Waals surface area contributed by atoms with Crippen LogP contribution in [-0.2, 0) is 0 Å². The summed E-state index contributed by atoms with van der Waals surface area (Å²) in [4.78, 5) is 0. The SMILES string of the molecule is CC(C)(C)CCOc1ccccc1-c1cccc(F)c1. The molecule has 0 unspecified atom stereocenters. The molecule has 0 saturated heterocycles. The highest BCUT2D eigenvalue weighted by Crippen LogP contribution is 2.30. The van der Waals surface area contributed by atoms with Gasteiger partial charge in [0.25, 0.3) is 0 Å². The predicted octanol–water partition coefficient (Wildman–Crippen LogP) is 5.31. The van der Waals surface area contributed by atoms with Gasteiger partial charge in [0, 0.05) is 5.56 Å². The van der Waals surface area contributed by atoms with E-state index >= 15 is 0 Å². The number of benzene rings is 2. The van der Waals surface area contributed by atoms with E-state index in [1.807, 2.05) is 30.3 Å². The average Bonchev–Trinajstić information content (AvgIpc) is 2.38. The fourth-order valence-corrected chi connectivity index (χ4v) is 1.95. The molecule has 0 aliphatic carbocycles. The molecule has 2 aromatic carbocycles. The summed E-state index contributed by atoms with van der Waals surface area (Å²) in [5.74, 6) is 0.578. The van der Waals surface area contributed by atoms with Crippen LogP contribution in [0.1, 0.15) is 27.2 Å². The molecule has 0 amide bonds. The molecule has 0 bridgehead atoms. The molecule has 0 aliphatic rings. The monoisotopic (exact) mass is 272 g/mol. The first kappa shape index (κ1) is 14.6. The third-order valence-electron chi connectivity index (χ3n) is 3.13. The molecular formula is C18H21FO. The maximum Gasteiger partial charge on any atom is 0.127 e. The Morgan fingerprint density at radius 1 is 1.00 bits per heavy atom. The first-order valence-corrected chi connectivity index (χ1v) is 6.93. The minimum atomic E-state index is -0.230.